The number of nitrogens with two attached hydrogens (primary N) is 1. The quantitative estimate of drug-likeness (QED) is 0.229. The van der Waals surface area contributed by atoms with Gasteiger partial charge in [0.15, 0.2) is 0 Å². The van der Waals surface area contributed by atoms with Crippen molar-refractivity contribution in [2.75, 3.05) is 19.5 Å². The van der Waals surface area contributed by atoms with Crippen LogP contribution in [0.4, 0.5) is 5.82 Å². The zero-order valence-electron chi connectivity index (χ0n) is 21.3. The summed E-state index contributed by atoms with van der Waals surface area (Å²) in [6, 6.07) is 1.57. The van der Waals surface area contributed by atoms with Crippen LogP contribution in [0.2, 0.25) is 0 Å². The number of aromatic nitrogens is 2. The van der Waals surface area contributed by atoms with Gasteiger partial charge in [0.2, 0.25) is 0 Å². The van der Waals surface area contributed by atoms with Crippen molar-refractivity contribution in [2.24, 2.45) is 0 Å². The van der Waals surface area contributed by atoms with Crippen LogP contribution in [0, 0.1) is 0 Å². The number of nitrogens with zero attached hydrogens (tertiary/aromatic N) is 2. The molecular formula is C25H45N3O6. The lowest BCUT2D eigenvalue weighted by Crippen LogP contribution is -2.27. The SMILES string of the molecule is CCCCCCCC(=O)O.CCCCCCCC(=O)OCC(CCn1ccc(N)nc1=O)OC. The highest BCUT2D eigenvalue weighted by Crippen LogP contribution is 2.07. The zero-order valence-corrected chi connectivity index (χ0v) is 21.3. The lowest BCUT2D eigenvalue weighted by Gasteiger charge is -2.16. The number of hydrogen-bond donors (Lipinski definition) is 2. The van der Waals surface area contributed by atoms with Gasteiger partial charge in [0, 0.05) is 32.7 Å². The van der Waals surface area contributed by atoms with Crippen LogP contribution in [0.15, 0.2) is 17.1 Å². The average Bonchev–Trinajstić information content (AvgIpc) is 2.80. The number of carboxylic acid groups (broad SMARTS) is 1. The van der Waals surface area contributed by atoms with E-state index < -0.39 is 11.7 Å². The molecule has 1 heterocycles. The fourth-order valence-electron chi connectivity index (χ4n) is 3.18. The molecule has 1 aromatic rings. The highest BCUT2D eigenvalue weighted by atomic mass is 16.6. The molecule has 0 spiro atoms. The first-order chi connectivity index (χ1) is 16.3. The van der Waals surface area contributed by atoms with Gasteiger partial charge in [-0.2, -0.15) is 4.98 Å². The molecular weight excluding hydrogens is 438 g/mol. The van der Waals surface area contributed by atoms with E-state index in [-0.39, 0.29) is 24.5 Å². The van der Waals surface area contributed by atoms with Gasteiger partial charge in [-0.25, -0.2) is 4.79 Å². The summed E-state index contributed by atoms with van der Waals surface area (Å²) in [5.41, 5.74) is 5.06. The molecule has 0 aromatic carbocycles. The predicted octanol–water partition coefficient (Wildman–Crippen LogP) is 4.57. The van der Waals surface area contributed by atoms with Gasteiger partial charge in [-0.15, -0.1) is 0 Å². The largest absolute Gasteiger partial charge is 0.481 e. The summed E-state index contributed by atoms with van der Waals surface area (Å²) in [7, 11) is 1.56. The molecule has 0 aliphatic carbocycles. The first-order valence-corrected chi connectivity index (χ1v) is 12.6. The van der Waals surface area contributed by atoms with Gasteiger partial charge in [0.05, 0.1) is 6.10 Å². The molecule has 0 saturated carbocycles. The van der Waals surface area contributed by atoms with Gasteiger partial charge < -0.3 is 20.3 Å². The van der Waals surface area contributed by atoms with Crippen molar-refractivity contribution in [1.82, 2.24) is 9.55 Å². The summed E-state index contributed by atoms with van der Waals surface area (Å²) in [6.07, 6.45) is 13.7. The van der Waals surface area contributed by atoms with Gasteiger partial charge >= 0.3 is 17.6 Å². The minimum Gasteiger partial charge on any atom is -0.481 e. The number of carbonyl (C=O) groups excluding carboxylic acids is 1. The van der Waals surface area contributed by atoms with Gasteiger partial charge in [0.25, 0.3) is 0 Å². The number of carbonyl (C=O) groups is 2. The van der Waals surface area contributed by atoms with E-state index in [1.165, 1.54) is 36.7 Å². The molecule has 196 valence electrons. The summed E-state index contributed by atoms with van der Waals surface area (Å²) in [6.45, 7) is 4.94. The second kappa shape index (κ2) is 21.1. The molecule has 0 bridgehead atoms. The lowest BCUT2D eigenvalue weighted by atomic mass is 10.1. The van der Waals surface area contributed by atoms with E-state index in [0.717, 1.165) is 32.1 Å². The number of unbranched alkanes of at least 4 members (excludes halogenated alkanes) is 8. The molecule has 3 N–H and O–H groups in total. The Bertz CT molecular complexity index is 723. The normalized spacial score (nSPS) is 11.4. The first-order valence-electron chi connectivity index (χ1n) is 12.6. The third kappa shape index (κ3) is 18.1. The summed E-state index contributed by atoms with van der Waals surface area (Å²) in [4.78, 5) is 37.0. The molecule has 1 aromatic heterocycles. The van der Waals surface area contributed by atoms with Gasteiger partial charge in [0.1, 0.15) is 12.4 Å². The van der Waals surface area contributed by atoms with Crippen LogP contribution < -0.4 is 11.4 Å². The van der Waals surface area contributed by atoms with E-state index in [0.29, 0.717) is 25.8 Å². The Kier molecular flexibility index (Phi) is 19.6. The number of methoxy groups -OCH3 is 1. The molecule has 0 fully saturated rings. The number of ether oxygens (including phenoxy) is 2. The Balaban J connectivity index is 0.000000916. The van der Waals surface area contributed by atoms with Crippen LogP contribution in [0.5, 0.6) is 0 Å². The third-order valence-corrected chi connectivity index (χ3v) is 5.33. The fraction of sp³-hybridized carbons (Fsp3) is 0.760. The number of nitrogen functional groups attached to an aromatic ring is 1. The van der Waals surface area contributed by atoms with E-state index >= 15 is 0 Å². The molecule has 9 nitrogen and oxygen atoms in total. The number of rotatable bonds is 18. The summed E-state index contributed by atoms with van der Waals surface area (Å²) >= 11 is 0. The second-order valence-electron chi connectivity index (χ2n) is 8.38. The molecule has 0 amide bonds. The molecule has 0 aliphatic heterocycles. The fourth-order valence-corrected chi connectivity index (χ4v) is 3.18. The Morgan fingerprint density at radius 3 is 2.15 bits per heavy atom. The number of esters is 1. The Hall–Kier alpha value is -2.42. The summed E-state index contributed by atoms with van der Waals surface area (Å²) in [5, 5.41) is 8.27. The molecule has 0 radical (unpaired) electrons. The Morgan fingerprint density at radius 2 is 1.62 bits per heavy atom. The molecule has 34 heavy (non-hydrogen) atoms. The van der Waals surface area contributed by atoms with Crippen molar-refractivity contribution in [1.29, 1.82) is 0 Å². The Morgan fingerprint density at radius 1 is 1.03 bits per heavy atom. The Labute approximate surface area is 204 Å². The van der Waals surface area contributed by atoms with Crippen molar-refractivity contribution in [2.45, 2.75) is 110 Å². The van der Waals surface area contributed by atoms with E-state index in [2.05, 4.69) is 18.8 Å². The van der Waals surface area contributed by atoms with Crippen molar-refractivity contribution in [3.05, 3.63) is 22.7 Å². The highest BCUT2D eigenvalue weighted by Gasteiger charge is 2.12. The molecule has 0 saturated heterocycles. The van der Waals surface area contributed by atoms with Crippen LogP contribution in [0.1, 0.15) is 97.3 Å². The van der Waals surface area contributed by atoms with Gasteiger partial charge in [-0.3, -0.25) is 14.2 Å². The lowest BCUT2D eigenvalue weighted by molar-refractivity contribution is -0.147. The third-order valence-electron chi connectivity index (χ3n) is 5.33. The second-order valence-corrected chi connectivity index (χ2v) is 8.38. The number of hydrogen-bond acceptors (Lipinski definition) is 7. The average molecular weight is 484 g/mol. The summed E-state index contributed by atoms with van der Waals surface area (Å²) < 4.78 is 12.0. The van der Waals surface area contributed by atoms with Gasteiger partial charge in [-0.05, 0) is 25.3 Å². The predicted molar refractivity (Wildman–Crippen MR) is 134 cm³/mol. The smallest absolute Gasteiger partial charge is 0.349 e. The number of aliphatic carboxylic acids is 1. The van der Waals surface area contributed by atoms with E-state index in [1.807, 2.05) is 0 Å². The maximum atomic E-state index is 11.7. The van der Waals surface area contributed by atoms with Crippen molar-refractivity contribution in [3.8, 4) is 0 Å². The van der Waals surface area contributed by atoms with Crippen molar-refractivity contribution in [3.63, 3.8) is 0 Å². The zero-order chi connectivity index (χ0) is 25.6. The number of anilines is 1. The standard InChI is InChI=1S/C17H29N3O4.C8H16O2/c1-3-4-5-6-7-8-16(21)24-13-14(23-2)9-11-20-12-10-15(18)19-17(20)22;1-2-3-4-5-6-7-8(9)10/h10,12,14H,3-9,11,13H2,1-2H3,(H2,18,19,22);2-7H2,1H3,(H,9,10). The topological polar surface area (TPSA) is 134 Å². The van der Waals surface area contributed by atoms with Gasteiger partial charge in [-0.1, -0.05) is 65.2 Å². The van der Waals surface area contributed by atoms with E-state index in [4.69, 9.17) is 20.3 Å². The molecule has 9 heteroatoms. The maximum absolute atomic E-state index is 11.7. The molecule has 1 atom stereocenters. The minimum atomic E-state index is -0.670. The molecule has 1 unspecified atom stereocenters. The van der Waals surface area contributed by atoms with Crippen LogP contribution in [0.25, 0.3) is 0 Å². The summed E-state index contributed by atoms with van der Waals surface area (Å²) in [5.74, 6) is -0.663. The van der Waals surface area contributed by atoms with Crippen molar-refractivity contribution >= 4 is 17.8 Å². The number of aryl methyl sites for hydroxylation is 1. The number of carboxylic acids is 1. The minimum absolute atomic E-state index is 0.195. The van der Waals surface area contributed by atoms with E-state index in [1.54, 1.807) is 19.4 Å². The van der Waals surface area contributed by atoms with Crippen LogP contribution in [0.3, 0.4) is 0 Å². The highest BCUT2D eigenvalue weighted by molar-refractivity contribution is 5.69. The van der Waals surface area contributed by atoms with Crippen molar-refractivity contribution < 1.29 is 24.2 Å². The monoisotopic (exact) mass is 483 g/mol. The van der Waals surface area contributed by atoms with E-state index in [9.17, 15) is 14.4 Å². The van der Waals surface area contributed by atoms with Crippen LogP contribution in [-0.2, 0) is 25.6 Å². The first kappa shape index (κ1) is 31.6. The molecule has 1 rings (SSSR count). The van der Waals surface area contributed by atoms with Crippen LogP contribution >= 0.6 is 0 Å². The molecule has 0 aliphatic rings. The van der Waals surface area contributed by atoms with Crippen LogP contribution in [-0.4, -0.2) is 46.4 Å². The maximum Gasteiger partial charge on any atom is 0.349 e.